The monoisotopic (exact) mass is 242 g/mol. The fourth-order valence-corrected chi connectivity index (χ4v) is 1.45. The highest BCUT2D eigenvalue weighted by Gasteiger charge is 2.04. The van der Waals surface area contributed by atoms with Crippen LogP contribution in [0.4, 0.5) is 0 Å². The van der Waals surface area contributed by atoms with E-state index >= 15 is 0 Å². The van der Waals surface area contributed by atoms with Crippen molar-refractivity contribution < 1.29 is 9.90 Å². The molecule has 1 N–H and O–H groups in total. The normalized spacial score (nSPS) is 9.92. The number of carbonyl (C=O) groups is 1. The van der Waals surface area contributed by atoms with Gasteiger partial charge in [0.05, 0.1) is 5.56 Å². The zero-order valence-corrected chi connectivity index (χ0v) is 8.75. The number of halogens is 1. The van der Waals surface area contributed by atoms with Crippen molar-refractivity contribution in [1.82, 2.24) is 0 Å². The van der Waals surface area contributed by atoms with Crippen molar-refractivity contribution in [3.05, 3.63) is 29.3 Å². The van der Waals surface area contributed by atoms with Gasteiger partial charge in [-0.05, 0) is 24.5 Å². The lowest BCUT2D eigenvalue weighted by Crippen LogP contribution is -1.90. The minimum atomic E-state index is 0.124. The summed E-state index contributed by atoms with van der Waals surface area (Å²) in [5.41, 5.74) is 1.20. The van der Waals surface area contributed by atoms with E-state index in [1.54, 1.807) is 12.1 Å². The Morgan fingerprint density at radius 1 is 1.46 bits per heavy atom. The summed E-state index contributed by atoms with van der Waals surface area (Å²) in [5.74, 6) is 0.124. The maximum Gasteiger partial charge on any atom is 0.153 e. The van der Waals surface area contributed by atoms with Gasteiger partial charge in [-0.1, -0.05) is 28.1 Å². The highest BCUT2D eigenvalue weighted by Crippen LogP contribution is 2.22. The van der Waals surface area contributed by atoms with Crippen LogP contribution in [-0.4, -0.2) is 16.7 Å². The molecule has 2 nitrogen and oxygen atoms in total. The number of hydrogen-bond acceptors (Lipinski definition) is 2. The number of aryl methyl sites for hydroxylation is 1. The minimum absolute atomic E-state index is 0.124. The van der Waals surface area contributed by atoms with Gasteiger partial charge in [0.1, 0.15) is 5.75 Å². The van der Waals surface area contributed by atoms with E-state index in [0.29, 0.717) is 11.8 Å². The molecule has 1 aromatic carbocycles. The molecular formula is C10H11BrO2. The topological polar surface area (TPSA) is 37.3 Å². The van der Waals surface area contributed by atoms with Crippen LogP contribution < -0.4 is 0 Å². The van der Waals surface area contributed by atoms with Crippen LogP contribution in [0.3, 0.4) is 0 Å². The maximum atomic E-state index is 10.5. The Morgan fingerprint density at radius 2 is 2.23 bits per heavy atom. The van der Waals surface area contributed by atoms with Crippen LogP contribution in [0.2, 0.25) is 0 Å². The summed E-state index contributed by atoms with van der Waals surface area (Å²) in [4.78, 5) is 10.5. The molecular weight excluding hydrogens is 232 g/mol. The predicted molar refractivity (Wildman–Crippen MR) is 55.6 cm³/mol. The Kier molecular flexibility index (Phi) is 3.96. The van der Waals surface area contributed by atoms with E-state index in [2.05, 4.69) is 15.9 Å². The zero-order valence-electron chi connectivity index (χ0n) is 7.16. The largest absolute Gasteiger partial charge is 0.507 e. The zero-order chi connectivity index (χ0) is 9.68. The Labute approximate surface area is 85.7 Å². The molecule has 13 heavy (non-hydrogen) atoms. The van der Waals surface area contributed by atoms with Crippen LogP contribution in [0.15, 0.2) is 18.2 Å². The summed E-state index contributed by atoms with van der Waals surface area (Å²) in [5, 5.41) is 10.5. The number of para-hydroxylation sites is 1. The van der Waals surface area contributed by atoms with E-state index < -0.39 is 0 Å². The standard InChI is InChI=1S/C10H11BrO2/c11-6-2-5-8-3-1-4-9(7-12)10(8)13/h1,3-4,7,13H,2,5-6H2. The van der Waals surface area contributed by atoms with Gasteiger partial charge in [-0.3, -0.25) is 4.79 Å². The van der Waals surface area contributed by atoms with Crippen LogP contribution in [0.1, 0.15) is 22.3 Å². The smallest absolute Gasteiger partial charge is 0.153 e. The lowest BCUT2D eigenvalue weighted by molar-refractivity contribution is 0.112. The van der Waals surface area contributed by atoms with E-state index in [1.807, 2.05) is 6.07 Å². The van der Waals surface area contributed by atoms with Crippen LogP contribution in [0, 0.1) is 0 Å². The molecule has 70 valence electrons. The second kappa shape index (κ2) is 5.02. The summed E-state index contributed by atoms with van der Waals surface area (Å²) >= 11 is 3.32. The van der Waals surface area contributed by atoms with Gasteiger partial charge >= 0.3 is 0 Å². The first kappa shape index (κ1) is 10.3. The van der Waals surface area contributed by atoms with Crippen molar-refractivity contribution in [1.29, 1.82) is 0 Å². The molecule has 0 unspecified atom stereocenters. The molecule has 0 amide bonds. The van der Waals surface area contributed by atoms with Crippen molar-refractivity contribution in [3.63, 3.8) is 0 Å². The van der Waals surface area contributed by atoms with Crippen LogP contribution in [0.5, 0.6) is 5.75 Å². The van der Waals surface area contributed by atoms with Gasteiger partial charge in [-0.2, -0.15) is 0 Å². The average molecular weight is 243 g/mol. The summed E-state index contributed by atoms with van der Waals surface area (Å²) in [7, 11) is 0. The van der Waals surface area contributed by atoms with E-state index in [9.17, 15) is 9.90 Å². The molecule has 3 heteroatoms. The van der Waals surface area contributed by atoms with Gasteiger partial charge in [0.2, 0.25) is 0 Å². The molecule has 1 aromatic rings. The highest BCUT2D eigenvalue weighted by molar-refractivity contribution is 9.09. The summed E-state index contributed by atoms with van der Waals surface area (Å²) in [6.07, 6.45) is 2.42. The number of carbonyl (C=O) groups excluding carboxylic acids is 1. The number of rotatable bonds is 4. The minimum Gasteiger partial charge on any atom is -0.507 e. The molecule has 0 aliphatic heterocycles. The molecule has 0 saturated carbocycles. The van der Waals surface area contributed by atoms with Gasteiger partial charge < -0.3 is 5.11 Å². The fraction of sp³-hybridized carbons (Fsp3) is 0.300. The molecule has 0 heterocycles. The molecule has 0 spiro atoms. The van der Waals surface area contributed by atoms with Gasteiger partial charge in [-0.15, -0.1) is 0 Å². The van der Waals surface area contributed by atoms with E-state index in [1.165, 1.54) is 0 Å². The third kappa shape index (κ3) is 2.56. The molecule has 0 atom stereocenters. The SMILES string of the molecule is O=Cc1cccc(CCCBr)c1O. The first-order valence-electron chi connectivity index (χ1n) is 4.11. The third-order valence-corrected chi connectivity index (χ3v) is 2.42. The Balaban J connectivity index is 2.87. The van der Waals surface area contributed by atoms with Crippen molar-refractivity contribution in [2.75, 3.05) is 5.33 Å². The molecule has 0 aromatic heterocycles. The quantitative estimate of drug-likeness (QED) is 0.651. The maximum absolute atomic E-state index is 10.5. The predicted octanol–water partition coefficient (Wildman–Crippen LogP) is 2.53. The molecule has 0 bridgehead atoms. The van der Waals surface area contributed by atoms with Crippen molar-refractivity contribution >= 4 is 22.2 Å². The van der Waals surface area contributed by atoms with Crippen molar-refractivity contribution in [2.24, 2.45) is 0 Å². The molecule has 0 saturated heterocycles. The molecule has 0 fully saturated rings. The van der Waals surface area contributed by atoms with Crippen LogP contribution >= 0.6 is 15.9 Å². The summed E-state index contributed by atoms with van der Waals surface area (Å²) in [6.45, 7) is 0. The molecule has 0 aliphatic rings. The molecule has 0 radical (unpaired) electrons. The van der Waals surface area contributed by atoms with E-state index in [-0.39, 0.29) is 5.75 Å². The average Bonchev–Trinajstić information content (AvgIpc) is 2.16. The second-order valence-electron chi connectivity index (χ2n) is 2.77. The number of alkyl halides is 1. The number of benzene rings is 1. The van der Waals surface area contributed by atoms with Gasteiger partial charge in [0, 0.05) is 5.33 Å². The van der Waals surface area contributed by atoms with Gasteiger partial charge in [0.25, 0.3) is 0 Å². The van der Waals surface area contributed by atoms with Gasteiger partial charge in [0.15, 0.2) is 6.29 Å². The first-order chi connectivity index (χ1) is 6.29. The number of phenolic OH excluding ortho intramolecular Hbond substituents is 1. The number of hydrogen-bond donors (Lipinski definition) is 1. The summed E-state index contributed by atoms with van der Waals surface area (Å²) in [6, 6.07) is 5.23. The highest BCUT2D eigenvalue weighted by atomic mass is 79.9. The first-order valence-corrected chi connectivity index (χ1v) is 5.23. The third-order valence-electron chi connectivity index (χ3n) is 1.86. The number of aldehydes is 1. The van der Waals surface area contributed by atoms with Crippen molar-refractivity contribution in [3.8, 4) is 5.75 Å². The molecule has 0 aliphatic carbocycles. The van der Waals surface area contributed by atoms with Gasteiger partial charge in [-0.25, -0.2) is 0 Å². The summed E-state index contributed by atoms with van der Waals surface area (Å²) < 4.78 is 0. The van der Waals surface area contributed by atoms with Crippen LogP contribution in [0.25, 0.3) is 0 Å². The Hall–Kier alpha value is -0.830. The second-order valence-corrected chi connectivity index (χ2v) is 3.56. The van der Waals surface area contributed by atoms with E-state index in [4.69, 9.17) is 0 Å². The number of phenols is 1. The van der Waals surface area contributed by atoms with E-state index in [0.717, 1.165) is 23.7 Å². The molecule has 1 rings (SSSR count). The van der Waals surface area contributed by atoms with Crippen molar-refractivity contribution in [2.45, 2.75) is 12.8 Å². The Morgan fingerprint density at radius 3 is 2.85 bits per heavy atom. The number of aromatic hydroxyl groups is 1. The lowest BCUT2D eigenvalue weighted by atomic mass is 10.1. The van der Waals surface area contributed by atoms with Crippen LogP contribution in [-0.2, 0) is 6.42 Å². The Bertz CT molecular complexity index is 297. The fourth-order valence-electron chi connectivity index (χ4n) is 1.17. The lowest BCUT2D eigenvalue weighted by Gasteiger charge is -2.04.